The zero-order chi connectivity index (χ0) is 23.6. The lowest BCUT2D eigenvalue weighted by molar-refractivity contribution is 0.339. The second-order valence-corrected chi connectivity index (χ2v) is 9.81. The summed E-state index contributed by atoms with van der Waals surface area (Å²) in [7, 11) is 0. The van der Waals surface area contributed by atoms with Crippen LogP contribution in [0.5, 0.6) is 0 Å². The van der Waals surface area contributed by atoms with E-state index in [1.807, 2.05) is 43.5 Å². The van der Waals surface area contributed by atoms with Gasteiger partial charge in [0.25, 0.3) is 0 Å². The van der Waals surface area contributed by atoms with Gasteiger partial charge in [0.2, 0.25) is 5.82 Å². The molecule has 0 atom stereocenters. The van der Waals surface area contributed by atoms with Crippen LogP contribution in [0.3, 0.4) is 0 Å². The second kappa shape index (κ2) is 9.13. The van der Waals surface area contributed by atoms with Crippen molar-refractivity contribution in [2.24, 2.45) is 5.92 Å². The van der Waals surface area contributed by atoms with Crippen LogP contribution in [-0.2, 0) is 18.5 Å². The normalized spacial score (nSPS) is 11.9. The first-order chi connectivity index (χ1) is 15.7. The van der Waals surface area contributed by atoms with Gasteiger partial charge in [-0.1, -0.05) is 56.3 Å². The molecule has 1 N–H and O–H groups in total. The number of aromatic nitrogens is 7. The summed E-state index contributed by atoms with van der Waals surface area (Å²) in [5.74, 6) is 1.97. The van der Waals surface area contributed by atoms with E-state index in [1.165, 1.54) is 0 Å². The van der Waals surface area contributed by atoms with Crippen molar-refractivity contribution in [3.8, 4) is 22.5 Å². The van der Waals surface area contributed by atoms with Gasteiger partial charge in [0, 0.05) is 12.0 Å². The van der Waals surface area contributed by atoms with Crippen LogP contribution in [0.2, 0.25) is 0 Å². The minimum absolute atomic E-state index is 0.0573. The van der Waals surface area contributed by atoms with Crippen molar-refractivity contribution in [3.63, 3.8) is 0 Å². The van der Waals surface area contributed by atoms with Crippen LogP contribution in [0.15, 0.2) is 53.3 Å². The average Bonchev–Trinajstić information content (AvgIpc) is 3.42. The topological polar surface area (TPSA) is 94.3 Å². The van der Waals surface area contributed by atoms with Gasteiger partial charge in [-0.2, -0.15) is 10.3 Å². The molecule has 0 radical (unpaired) electrons. The van der Waals surface area contributed by atoms with E-state index in [2.05, 4.69) is 64.8 Å². The van der Waals surface area contributed by atoms with Crippen molar-refractivity contribution < 1.29 is 0 Å². The lowest BCUT2D eigenvalue weighted by Gasteiger charge is -2.17. The first-order valence-electron chi connectivity index (χ1n) is 11.3. The number of tetrazole rings is 1. The molecule has 2 aromatic carbocycles. The Morgan fingerprint density at radius 1 is 1.00 bits per heavy atom. The van der Waals surface area contributed by atoms with E-state index in [-0.39, 0.29) is 11.2 Å². The van der Waals surface area contributed by atoms with E-state index in [4.69, 9.17) is 5.10 Å². The van der Waals surface area contributed by atoms with Crippen LogP contribution in [0.4, 0.5) is 0 Å². The maximum atomic E-state index is 13.2. The smallest absolute Gasteiger partial charge is 0.274 e. The van der Waals surface area contributed by atoms with Gasteiger partial charge in [0.15, 0.2) is 0 Å². The Hall–Kier alpha value is -3.55. The molecule has 0 saturated heterocycles. The highest BCUT2D eigenvalue weighted by Crippen LogP contribution is 2.25. The third kappa shape index (κ3) is 5.10. The molecule has 4 aromatic rings. The SMILES string of the molecule is CC(C)CCc1nn(C(C)(C)C)c(=O)n1Cc1ccc(-c2cccc(-c3nn[nH]n3)c2)cc1. The van der Waals surface area contributed by atoms with Crippen LogP contribution in [0.25, 0.3) is 22.5 Å². The Kier molecular flexibility index (Phi) is 6.26. The number of benzene rings is 2. The molecule has 2 aromatic heterocycles. The van der Waals surface area contributed by atoms with Crippen molar-refractivity contribution >= 4 is 0 Å². The predicted molar refractivity (Wildman–Crippen MR) is 129 cm³/mol. The zero-order valence-electron chi connectivity index (χ0n) is 19.9. The fourth-order valence-corrected chi connectivity index (χ4v) is 3.74. The van der Waals surface area contributed by atoms with Gasteiger partial charge in [-0.15, -0.1) is 10.2 Å². The van der Waals surface area contributed by atoms with E-state index in [0.29, 0.717) is 18.3 Å². The third-order valence-corrected chi connectivity index (χ3v) is 5.61. The van der Waals surface area contributed by atoms with Gasteiger partial charge in [0.05, 0.1) is 12.1 Å². The maximum Gasteiger partial charge on any atom is 0.346 e. The Labute approximate surface area is 193 Å². The van der Waals surface area contributed by atoms with Crippen LogP contribution < -0.4 is 5.69 Å². The van der Waals surface area contributed by atoms with E-state index < -0.39 is 0 Å². The summed E-state index contributed by atoms with van der Waals surface area (Å²) in [6.07, 6.45) is 1.78. The fraction of sp³-hybridized carbons (Fsp3) is 0.400. The monoisotopic (exact) mass is 445 g/mol. The zero-order valence-corrected chi connectivity index (χ0v) is 19.9. The minimum Gasteiger partial charge on any atom is -0.274 e. The standard InChI is InChI=1S/C25H31N7O/c1-17(2)9-14-22-28-32(25(3,4)5)24(33)31(22)16-18-10-12-19(13-11-18)20-7-6-8-21(15-20)23-26-29-30-27-23/h6-8,10-13,15,17H,9,14,16H2,1-5H3,(H,26,27,29,30). The molecule has 8 heteroatoms. The first kappa shape index (κ1) is 22.6. The number of nitrogens with one attached hydrogen (secondary N) is 1. The second-order valence-electron chi connectivity index (χ2n) is 9.81. The Bertz CT molecular complexity index is 1260. The minimum atomic E-state index is -0.359. The highest BCUT2D eigenvalue weighted by atomic mass is 16.2. The lowest BCUT2D eigenvalue weighted by Crippen LogP contribution is -2.36. The van der Waals surface area contributed by atoms with Gasteiger partial charge in [0.1, 0.15) is 5.82 Å². The number of hydrogen-bond acceptors (Lipinski definition) is 5. The summed E-state index contributed by atoms with van der Waals surface area (Å²) < 4.78 is 3.43. The van der Waals surface area contributed by atoms with E-state index in [9.17, 15) is 4.79 Å². The summed E-state index contributed by atoms with van der Waals surface area (Å²) in [5, 5.41) is 18.9. The Morgan fingerprint density at radius 3 is 2.36 bits per heavy atom. The molecule has 8 nitrogen and oxygen atoms in total. The van der Waals surface area contributed by atoms with Crippen LogP contribution in [0.1, 0.15) is 52.4 Å². The number of hydrogen-bond donors (Lipinski definition) is 1. The number of aryl methyl sites for hydroxylation is 1. The highest BCUT2D eigenvalue weighted by Gasteiger charge is 2.22. The Balaban J connectivity index is 1.60. The molecule has 0 spiro atoms. The first-order valence-corrected chi connectivity index (χ1v) is 11.3. The number of aromatic amines is 1. The van der Waals surface area contributed by atoms with Crippen molar-refractivity contribution in [1.82, 2.24) is 35.0 Å². The van der Waals surface area contributed by atoms with Gasteiger partial charge >= 0.3 is 5.69 Å². The molecule has 0 unspecified atom stereocenters. The molecule has 0 fully saturated rings. The molecule has 0 amide bonds. The number of H-pyrrole nitrogens is 1. The Morgan fingerprint density at radius 2 is 1.73 bits per heavy atom. The van der Waals surface area contributed by atoms with Crippen molar-refractivity contribution in [2.45, 2.75) is 59.5 Å². The number of rotatable bonds is 7. The molecular weight excluding hydrogens is 414 g/mol. The van der Waals surface area contributed by atoms with Crippen LogP contribution in [-0.4, -0.2) is 35.0 Å². The quantitative estimate of drug-likeness (QED) is 0.458. The molecule has 2 heterocycles. The molecule has 0 aliphatic heterocycles. The maximum absolute atomic E-state index is 13.2. The molecule has 0 bridgehead atoms. The summed E-state index contributed by atoms with van der Waals surface area (Å²) in [6.45, 7) is 10.9. The molecule has 33 heavy (non-hydrogen) atoms. The predicted octanol–water partition coefficient (Wildman–Crippen LogP) is 4.28. The summed E-state index contributed by atoms with van der Waals surface area (Å²) in [6, 6.07) is 16.3. The molecule has 0 aliphatic carbocycles. The van der Waals surface area contributed by atoms with Crippen LogP contribution >= 0.6 is 0 Å². The third-order valence-electron chi connectivity index (χ3n) is 5.61. The average molecular weight is 446 g/mol. The molecule has 4 rings (SSSR count). The van der Waals surface area contributed by atoms with Crippen molar-refractivity contribution in [2.75, 3.05) is 0 Å². The molecule has 0 saturated carbocycles. The molecule has 172 valence electrons. The summed E-state index contributed by atoms with van der Waals surface area (Å²) in [5.41, 5.74) is 3.71. The fourth-order valence-electron chi connectivity index (χ4n) is 3.74. The molecular formula is C25H31N7O. The van der Waals surface area contributed by atoms with Crippen molar-refractivity contribution in [1.29, 1.82) is 0 Å². The summed E-state index contributed by atoms with van der Waals surface area (Å²) >= 11 is 0. The number of nitrogens with zero attached hydrogens (tertiary/aromatic N) is 6. The van der Waals surface area contributed by atoms with Crippen LogP contribution in [0, 0.1) is 5.92 Å². The lowest BCUT2D eigenvalue weighted by atomic mass is 10.0. The largest absolute Gasteiger partial charge is 0.346 e. The molecule has 0 aliphatic rings. The highest BCUT2D eigenvalue weighted by molar-refractivity contribution is 5.70. The van der Waals surface area contributed by atoms with E-state index in [0.717, 1.165) is 40.9 Å². The van der Waals surface area contributed by atoms with E-state index >= 15 is 0 Å². The van der Waals surface area contributed by atoms with E-state index in [1.54, 1.807) is 4.68 Å². The van der Waals surface area contributed by atoms with Gasteiger partial charge in [-0.05, 0) is 61.1 Å². The van der Waals surface area contributed by atoms with Crippen molar-refractivity contribution in [3.05, 3.63) is 70.4 Å². The van der Waals surface area contributed by atoms with Gasteiger partial charge < -0.3 is 0 Å². The summed E-state index contributed by atoms with van der Waals surface area (Å²) in [4.78, 5) is 13.2. The van der Waals surface area contributed by atoms with Gasteiger partial charge in [-0.3, -0.25) is 4.57 Å². The van der Waals surface area contributed by atoms with Gasteiger partial charge in [-0.25, -0.2) is 9.48 Å².